The SMILES string of the molecule is Cc1nc(C(=O)NC2CCCN(c3ncccn3)C2)ccc1C(=O)O. The summed E-state index contributed by atoms with van der Waals surface area (Å²) in [6, 6.07) is 4.57. The Morgan fingerprint density at radius 2 is 2.04 bits per heavy atom. The zero-order valence-electron chi connectivity index (χ0n) is 13.8. The molecule has 1 saturated heterocycles. The molecule has 1 aliphatic rings. The first-order valence-electron chi connectivity index (χ1n) is 8.08. The quantitative estimate of drug-likeness (QED) is 0.862. The topological polar surface area (TPSA) is 108 Å². The van der Waals surface area contributed by atoms with Gasteiger partial charge in [-0.3, -0.25) is 4.79 Å². The van der Waals surface area contributed by atoms with Gasteiger partial charge in [0.2, 0.25) is 5.95 Å². The number of carboxylic acids is 1. The van der Waals surface area contributed by atoms with Gasteiger partial charge in [0.1, 0.15) is 5.69 Å². The number of pyridine rings is 1. The zero-order valence-corrected chi connectivity index (χ0v) is 13.8. The number of hydrogen-bond donors (Lipinski definition) is 2. The fourth-order valence-corrected chi connectivity index (χ4v) is 2.90. The predicted molar refractivity (Wildman–Crippen MR) is 90.7 cm³/mol. The molecule has 0 aromatic carbocycles. The molecule has 0 bridgehead atoms. The van der Waals surface area contributed by atoms with E-state index in [1.807, 2.05) is 4.90 Å². The lowest BCUT2D eigenvalue weighted by atomic mass is 10.1. The molecule has 0 saturated carbocycles. The summed E-state index contributed by atoms with van der Waals surface area (Å²) in [5.74, 6) is -0.704. The standard InChI is InChI=1S/C17H19N5O3/c1-11-13(16(24)25)5-6-14(20-11)15(23)21-12-4-2-9-22(10-12)17-18-7-3-8-19-17/h3,5-8,12H,2,4,9-10H2,1H3,(H,21,23)(H,24,25). The van der Waals surface area contributed by atoms with Crippen molar-refractivity contribution in [3.8, 4) is 0 Å². The predicted octanol–water partition coefficient (Wildman–Crippen LogP) is 1.28. The number of anilines is 1. The second-order valence-corrected chi connectivity index (χ2v) is 5.94. The molecule has 2 aromatic heterocycles. The number of carbonyl (C=O) groups excluding carboxylic acids is 1. The van der Waals surface area contributed by atoms with Crippen LogP contribution in [0.25, 0.3) is 0 Å². The molecule has 3 heterocycles. The number of nitrogens with one attached hydrogen (secondary N) is 1. The van der Waals surface area contributed by atoms with Crippen LogP contribution in [-0.2, 0) is 0 Å². The maximum atomic E-state index is 12.4. The number of hydrogen-bond acceptors (Lipinski definition) is 6. The summed E-state index contributed by atoms with van der Waals surface area (Å²) in [4.78, 5) is 38.1. The summed E-state index contributed by atoms with van der Waals surface area (Å²) in [7, 11) is 0. The Morgan fingerprint density at radius 3 is 2.72 bits per heavy atom. The molecule has 8 nitrogen and oxygen atoms in total. The van der Waals surface area contributed by atoms with Crippen LogP contribution in [0.2, 0.25) is 0 Å². The van der Waals surface area contributed by atoms with E-state index < -0.39 is 5.97 Å². The number of piperidine rings is 1. The van der Waals surface area contributed by atoms with Gasteiger partial charge in [-0.15, -0.1) is 0 Å². The van der Waals surface area contributed by atoms with E-state index in [0.717, 1.165) is 19.4 Å². The van der Waals surface area contributed by atoms with E-state index in [-0.39, 0.29) is 23.2 Å². The average molecular weight is 341 g/mol. The second kappa shape index (κ2) is 7.25. The first-order chi connectivity index (χ1) is 12.0. The number of carbonyl (C=O) groups is 2. The molecule has 25 heavy (non-hydrogen) atoms. The first kappa shape index (κ1) is 16.8. The maximum absolute atomic E-state index is 12.4. The molecule has 1 unspecified atom stereocenters. The Kier molecular flexibility index (Phi) is 4.87. The van der Waals surface area contributed by atoms with Crippen LogP contribution >= 0.6 is 0 Å². The van der Waals surface area contributed by atoms with E-state index in [2.05, 4.69) is 20.3 Å². The van der Waals surface area contributed by atoms with Crippen molar-refractivity contribution >= 4 is 17.8 Å². The van der Waals surface area contributed by atoms with E-state index in [1.165, 1.54) is 12.1 Å². The van der Waals surface area contributed by atoms with Gasteiger partial charge in [0, 0.05) is 31.5 Å². The van der Waals surface area contributed by atoms with Gasteiger partial charge in [0.05, 0.1) is 11.3 Å². The largest absolute Gasteiger partial charge is 0.478 e. The Morgan fingerprint density at radius 1 is 1.28 bits per heavy atom. The summed E-state index contributed by atoms with van der Waals surface area (Å²) in [5, 5.41) is 12.0. The number of nitrogens with zero attached hydrogens (tertiary/aromatic N) is 4. The van der Waals surface area contributed by atoms with Crippen molar-refractivity contribution in [2.24, 2.45) is 0 Å². The Balaban J connectivity index is 1.66. The summed E-state index contributed by atoms with van der Waals surface area (Å²) >= 11 is 0. The van der Waals surface area contributed by atoms with Crippen LogP contribution in [0.3, 0.4) is 0 Å². The van der Waals surface area contributed by atoms with Crippen molar-refractivity contribution in [1.82, 2.24) is 20.3 Å². The summed E-state index contributed by atoms with van der Waals surface area (Å²) < 4.78 is 0. The van der Waals surface area contributed by atoms with Crippen LogP contribution in [0.15, 0.2) is 30.6 Å². The van der Waals surface area contributed by atoms with Crippen LogP contribution < -0.4 is 10.2 Å². The third-order valence-corrected chi connectivity index (χ3v) is 4.14. The van der Waals surface area contributed by atoms with Crippen LogP contribution in [0.4, 0.5) is 5.95 Å². The molecule has 1 fully saturated rings. The van der Waals surface area contributed by atoms with Gasteiger partial charge in [-0.05, 0) is 38.0 Å². The fraction of sp³-hybridized carbons (Fsp3) is 0.353. The van der Waals surface area contributed by atoms with Gasteiger partial charge in [-0.1, -0.05) is 0 Å². The van der Waals surface area contributed by atoms with Gasteiger partial charge in [-0.2, -0.15) is 0 Å². The second-order valence-electron chi connectivity index (χ2n) is 5.94. The van der Waals surface area contributed by atoms with Crippen molar-refractivity contribution < 1.29 is 14.7 Å². The lowest BCUT2D eigenvalue weighted by Gasteiger charge is -2.33. The number of rotatable bonds is 4. The van der Waals surface area contributed by atoms with Gasteiger partial charge >= 0.3 is 5.97 Å². The van der Waals surface area contributed by atoms with Crippen molar-refractivity contribution in [2.45, 2.75) is 25.8 Å². The van der Waals surface area contributed by atoms with Gasteiger partial charge in [0.15, 0.2) is 0 Å². The molecule has 2 N–H and O–H groups in total. The molecule has 8 heteroatoms. The summed E-state index contributed by atoms with van der Waals surface area (Å²) in [5.41, 5.74) is 0.639. The highest BCUT2D eigenvalue weighted by atomic mass is 16.4. The highest BCUT2D eigenvalue weighted by molar-refractivity contribution is 5.94. The minimum absolute atomic E-state index is 0.0358. The molecule has 0 aliphatic carbocycles. The molecule has 1 amide bonds. The zero-order chi connectivity index (χ0) is 17.8. The molecule has 0 radical (unpaired) electrons. The van der Waals surface area contributed by atoms with E-state index in [0.29, 0.717) is 18.2 Å². The monoisotopic (exact) mass is 341 g/mol. The Labute approximate surface area is 144 Å². The molecule has 130 valence electrons. The van der Waals surface area contributed by atoms with Crippen molar-refractivity contribution in [2.75, 3.05) is 18.0 Å². The number of aromatic carboxylic acids is 1. The smallest absolute Gasteiger partial charge is 0.337 e. The number of amides is 1. The minimum Gasteiger partial charge on any atom is -0.478 e. The highest BCUT2D eigenvalue weighted by Crippen LogP contribution is 2.16. The molecule has 1 atom stereocenters. The Hall–Kier alpha value is -3.03. The van der Waals surface area contributed by atoms with Crippen molar-refractivity contribution in [1.29, 1.82) is 0 Å². The van der Waals surface area contributed by atoms with Crippen molar-refractivity contribution in [3.63, 3.8) is 0 Å². The molecule has 2 aromatic rings. The van der Waals surface area contributed by atoms with Gasteiger partial charge in [-0.25, -0.2) is 19.7 Å². The molecular formula is C17H19N5O3. The normalized spacial score (nSPS) is 17.2. The molecule has 3 rings (SSSR count). The maximum Gasteiger partial charge on any atom is 0.337 e. The highest BCUT2D eigenvalue weighted by Gasteiger charge is 2.24. The van der Waals surface area contributed by atoms with Crippen LogP contribution in [0, 0.1) is 6.92 Å². The average Bonchev–Trinajstić information content (AvgIpc) is 2.62. The van der Waals surface area contributed by atoms with Gasteiger partial charge < -0.3 is 15.3 Å². The lowest BCUT2D eigenvalue weighted by molar-refractivity contribution is 0.0694. The van der Waals surface area contributed by atoms with Crippen molar-refractivity contribution in [3.05, 3.63) is 47.5 Å². The summed E-state index contributed by atoms with van der Waals surface area (Å²) in [6.45, 7) is 3.05. The van der Waals surface area contributed by atoms with Gasteiger partial charge in [0.25, 0.3) is 5.91 Å². The number of carboxylic acid groups (broad SMARTS) is 1. The van der Waals surface area contributed by atoms with Crippen LogP contribution in [0.5, 0.6) is 0 Å². The van der Waals surface area contributed by atoms with E-state index in [9.17, 15) is 9.59 Å². The molecule has 1 aliphatic heterocycles. The molecular weight excluding hydrogens is 322 g/mol. The lowest BCUT2D eigenvalue weighted by Crippen LogP contribution is -2.48. The fourth-order valence-electron chi connectivity index (χ4n) is 2.90. The van der Waals surface area contributed by atoms with E-state index in [1.54, 1.807) is 25.4 Å². The third kappa shape index (κ3) is 3.90. The molecule has 0 spiro atoms. The summed E-state index contributed by atoms with van der Waals surface area (Å²) in [6.07, 6.45) is 5.18. The minimum atomic E-state index is -1.05. The number of aryl methyl sites for hydroxylation is 1. The van der Waals surface area contributed by atoms with E-state index in [4.69, 9.17) is 5.11 Å². The number of aromatic nitrogens is 3. The Bertz CT molecular complexity index is 781. The van der Waals surface area contributed by atoms with Crippen LogP contribution in [0.1, 0.15) is 39.4 Å². The van der Waals surface area contributed by atoms with Crippen LogP contribution in [-0.4, -0.2) is 51.1 Å². The third-order valence-electron chi connectivity index (χ3n) is 4.14. The van der Waals surface area contributed by atoms with E-state index >= 15 is 0 Å². The first-order valence-corrected chi connectivity index (χ1v) is 8.08.